The predicted octanol–water partition coefficient (Wildman–Crippen LogP) is 2.17. The van der Waals surface area contributed by atoms with E-state index in [1.54, 1.807) is 7.11 Å². The minimum Gasteiger partial charge on any atom is -0.496 e. The van der Waals surface area contributed by atoms with Crippen molar-refractivity contribution in [2.24, 2.45) is 5.73 Å². The molecule has 0 saturated carbocycles. The summed E-state index contributed by atoms with van der Waals surface area (Å²) in [7, 11) is 1.67. The number of imidazole rings is 1. The van der Waals surface area contributed by atoms with Crippen LogP contribution in [0.4, 0.5) is 0 Å². The number of fused-ring (bicyclic) bond motifs is 1. The summed E-state index contributed by atoms with van der Waals surface area (Å²) in [5.41, 5.74) is 7.24. The summed E-state index contributed by atoms with van der Waals surface area (Å²) in [5.74, 6) is 1.94. The summed E-state index contributed by atoms with van der Waals surface area (Å²) in [6, 6.07) is 6.35. The van der Waals surface area contributed by atoms with E-state index in [1.165, 1.54) is 5.56 Å². The van der Waals surface area contributed by atoms with E-state index in [2.05, 4.69) is 42.5 Å². The number of ether oxygens (including phenoxy) is 1. The second kappa shape index (κ2) is 6.17. The Kier molecular flexibility index (Phi) is 4.28. The normalized spacial score (nSPS) is 16.5. The number of aromatic nitrogens is 2. The van der Waals surface area contributed by atoms with Gasteiger partial charge in [0.05, 0.1) is 18.1 Å². The number of nitrogens with two attached hydrogens (primary N) is 1. The molecular weight excluding hydrogens is 332 g/mol. The molecule has 1 aliphatic heterocycles. The van der Waals surface area contributed by atoms with Crippen LogP contribution in [0.1, 0.15) is 17.4 Å². The Morgan fingerprint density at radius 2 is 2.29 bits per heavy atom. The van der Waals surface area contributed by atoms with Gasteiger partial charge in [-0.25, -0.2) is 4.98 Å². The highest BCUT2D eigenvalue weighted by atomic mass is 79.9. The second-order valence-corrected chi connectivity index (χ2v) is 6.01. The molecule has 0 spiro atoms. The molecule has 2 heterocycles. The molecule has 21 heavy (non-hydrogen) atoms. The van der Waals surface area contributed by atoms with E-state index in [9.17, 15) is 0 Å². The fourth-order valence-corrected chi connectivity index (χ4v) is 3.40. The Morgan fingerprint density at radius 1 is 1.43 bits per heavy atom. The summed E-state index contributed by atoms with van der Waals surface area (Å²) < 4.78 is 8.45. The summed E-state index contributed by atoms with van der Waals surface area (Å²) >= 11 is 3.55. The maximum atomic E-state index is 6.04. The number of halogens is 1. The molecule has 0 amide bonds. The van der Waals surface area contributed by atoms with Gasteiger partial charge in [0.1, 0.15) is 11.6 Å². The van der Waals surface area contributed by atoms with Crippen LogP contribution in [-0.4, -0.2) is 34.7 Å². The zero-order chi connectivity index (χ0) is 14.8. The SMILES string of the molecule is COc1ccc(C(CN)N2CCn3ccnc3C2)cc1Br. The van der Waals surface area contributed by atoms with Crippen molar-refractivity contribution in [3.63, 3.8) is 0 Å². The van der Waals surface area contributed by atoms with Crippen LogP contribution in [0.2, 0.25) is 0 Å². The number of methoxy groups -OCH3 is 1. The van der Waals surface area contributed by atoms with Crippen molar-refractivity contribution in [1.82, 2.24) is 14.5 Å². The molecule has 1 aromatic heterocycles. The van der Waals surface area contributed by atoms with Crippen molar-refractivity contribution in [2.75, 3.05) is 20.2 Å². The average Bonchev–Trinajstić information content (AvgIpc) is 2.96. The predicted molar refractivity (Wildman–Crippen MR) is 85.1 cm³/mol. The molecule has 0 bridgehead atoms. The van der Waals surface area contributed by atoms with E-state index in [0.717, 1.165) is 35.7 Å². The molecule has 2 aromatic rings. The van der Waals surface area contributed by atoms with Crippen LogP contribution in [0.5, 0.6) is 5.75 Å². The first-order valence-corrected chi connectivity index (χ1v) is 7.79. The van der Waals surface area contributed by atoms with Crippen LogP contribution in [0.25, 0.3) is 0 Å². The molecule has 0 saturated heterocycles. The molecule has 1 unspecified atom stereocenters. The maximum absolute atomic E-state index is 6.04. The smallest absolute Gasteiger partial charge is 0.133 e. The molecule has 5 nitrogen and oxygen atoms in total. The average molecular weight is 351 g/mol. The molecule has 112 valence electrons. The lowest BCUT2D eigenvalue weighted by Crippen LogP contribution is -2.39. The molecule has 1 atom stereocenters. The van der Waals surface area contributed by atoms with Gasteiger partial charge in [-0.05, 0) is 33.6 Å². The van der Waals surface area contributed by atoms with Gasteiger partial charge in [-0.3, -0.25) is 4.90 Å². The van der Waals surface area contributed by atoms with Crippen LogP contribution in [-0.2, 0) is 13.1 Å². The third-order valence-electron chi connectivity index (χ3n) is 4.00. The van der Waals surface area contributed by atoms with Crippen molar-refractivity contribution in [3.8, 4) is 5.75 Å². The van der Waals surface area contributed by atoms with Crippen LogP contribution in [0, 0.1) is 0 Å². The molecule has 0 radical (unpaired) electrons. The number of benzene rings is 1. The van der Waals surface area contributed by atoms with Crippen LogP contribution >= 0.6 is 15.9 Å². The van der Waals surface area contributed by atoms with Gasteiger partial charge in [-0.2, -0.15) is 0 Å². The van der Waals surface area contributed by atoms with Crippen molar-refractivity contribution >= 4 is 15.9 Å². The monoisotopic (exact) mass is 350 g/mol. The van der Waals surface area contributed by atoms with Gasteiger partial charge in [-0.15, -0.1) is 0 Å². The summed E-state index contributed by atoms with van der Waals surface area (Å²) in [4.78, 5) is 6.80. The summed E-state index contributed by atoms with van der Waals surface area (Å²) in [5, 5.41) is 0. The van der Waals surface area contributed by atoms with E-state index in [1.807, 2.05) is 18.5 Å². The highest BCUT2D eigenvalue weighted by Crippen LogP contribution is 2.31. The lowest BCUT2D eigenvalue weighted by molar-refractivity contribution is 0.156. The first kappa shape index (κ1) is 14.6. The number of hydrogen-bond donors (Lipinski definition) is 1. The standard InChI is InChI=1S/C15H19BrN4O/c1-21-14-3-2-11(8-12(14)16)13(9-17)20-7-6-19-5-4-18-15(19)10-20/h2-5,8,13H,6-7,9-10,17H2,1H3. The van der Waals surface area contributed by atoms with Gasteiger partial charge in [0, 0.05) is 38.1 Å². The zero-order valence-electron chi connectivity index (χ0n) is 12.0. The minimum atomic E-state index is 0.192. The fourth-order valence-electron chi connectivity index (χ4n) is 2.84. The molecule has 0 fully saturated rings. The lowest BCUT2D eigenvalue weighted by atomic mass is 10.0. The first-order chi connectivity index (χ1) is 10.2. The highest BCUT2D eigenvalue weighted by Gasteiger charge is 2.24. The van der Waals surface area contributed by atoms with E-state index in [-0.39, 0.29) is 6.04 Å². The topological polar surface area (TPSA) is 56.3 Å². The van der Waals surface area contributed by atoms with Crippen molar-refractivity contribution < 1.29 is 4.74 Å². The summed E-state index contributed by atoms with van der Waals surface area (Å²) in [6.07, 6.45) is 3.90. The largest absolute Gasteiger partial charge is 0.496 e. The van der Waals surface area contributed by atoms with Gasteiger partial charge in [0.25, 0.3) is 0 Å². The Balaban J connectivity index is 1.84. The second-order valence-electron chi connectivity index (χ2n) is 5.15. The molecule has 1 aliphatic rings. The molecule has 1 aromatic carbocycles. The van der Waals surface area contributed by atoms with Crippen LogP contribution < -0.4 is 10.5 Å². The molecule has 0 aliphatic carbocycles. The maximum Gasteiger partial charge on any atom is 0.133 e. The van der Waals surface area contributed by atoms with E-state index in [0.29, 0.717) is 6.54 Å². The lowest BCUT2D eigenvalue weighted by Gasteiger charge is -2.34. The fraction of sp³-hybridized carbons (Fsp3) is 0.400. The van der Waals surface area contributed by atoms with E-state index < -0.39 is 0 Å². The molecule has 6 heteroatoms. The summed E-state index contributed by atoms with van der Waals surface area (Å²) in [6.45, 7) is 3.36. The Bertz CT molecular complexity index is 628. The molecule has 2 N–H and O–H groups in total. The van der Waals surface area contributed by atoms with Crippen molar-refractivity contribution in [2.45, 2.75) is 19.1 Å². The van der Waals surface area contributed by atoms with Gasteiger partial charge in [0.2, 0.25) is 0 Å². The quantitative estimate of drug-likeness (QED) is 0.917. The van der Waals surface area contributed by atoms with Crippen LogP contribution in [0.15, 0.2) is 35.1 Å². The third kappa shape index (κ3) is 2.84. The van der Waals surface area contributed by atoms with Gasteiger partial charge in [-0.1, -0.05) is 6.07 Å². The van der Waals surface area contributed by atoms with E-state index in [4.69, 9.17) is 10.5 Å². The Hall–Kier alpha value is -1.37. The van der Waals surface area contributed by atoms with Crippen LogP contribution in [0.3, 0.4) is 0 Å². The Labute approximate surface area is 132 Å². The third-order valence-corrected chi connectivity index (χ3v) is 4.62. The van der Waals surface area contributed by atoms with Gasteiger partial charge >= 0.3 is 0 Å². The minimum absolute atomic E-state index is 0.192. The van der Waals surface area contributed by atoms with Crippen molar-refractivity contribution in [3.05, 3.63) is 46.5 Å². The van der Waals surface area contributed by atoms with Crippen molar-refractivity contribution in [1.29, 1.82) is 0 Å². The Morgan fingerprint density at radius 3 is 3.00 bits per heavy atom. The van der Waals surface area contributed by atoms with Gasteiger partial charge in [0.15, 0.2) is 0 Å². The van der Waals surface area contributed by atoms with E-state index >= 15 is 0 Å². The zero-order valence-corrected chi connectivity index (χ0v) is 13.6. The van der Waals surface area contributed by atoms with Gasteiger partial charge < -0.3 is 15.0 Å². The number of hydrogen-bond acceptors (Lipinski definition) is 4. The molecular formula is C15H19BrN4O. The molecule has 3 rings (SSSR count). The number of nitrogens with zero attached hydrogens (tertiary/aromatic N) is 3. The first-order valence-electron chi connectivity index (χ1n) is 7.00. The number of rotatable bonds is 4. The highest BCUT2D eigenvalue weighted by molar-refractivity contribution is 9.10.